The number of amides is 1. The number of carbonyl (C=O) groups excluding carboxylic acids is 1. The summed E-state index contributed by atoms with van der Waals surface area (Å²) in [6.07, 6.45) is 1.70. The van der Waals surface area contributed by atoms with Crippen LogP contribution in [0.1, 0.15) is 37.1 Å². The highest BCUT2D eigenvalue weighted by molar-refractivity contribution is 7.98. The van der Waals surface area contributed by atoms with Crippen LogP contribution in [0.25, 0.3) is 10.2 Å². The number of nitrogens with zero attached hydrogens (tertiary/aromatic N) is 5. The van der Waals surface area contributed by atoms with Gasteiger partial charge >= 0.3 is 0 Å². The first-order chi connectivity index (χ1) is 19.0. The van der Waals surface area contributed by atoms with Crippen LogP contribution in [0.3, 0.4) is 0 Å². The van der Waals surface area contributed by atoms with Crippen LogP contribution in [0.15, 0.2) is 45.3 Å². The largest absolute Gasteiger partial charge is 0.487 e. The molecule has 15 heteroatoms. The van der Waals surface area contributed by atoms with Crippen LogP contribution in [0, 0.1) is 5.92 Å². The molecule has 0 saturated heterocycles. The molecule has 0 aliphatic carbocycles. The molecule has 4 rings (SSSR count). The van der Waals surface area contributed by atoms with E-state index in [-0.39, 0.29) is 22.8 Å². The van der Waals surface area contributed by atoms with Crippen molar-refractivity contribution in [2.45, 2.75) is 43.1 Å². The Hall–Kier alpha value is -2.98. The van der Waals surface area contributed by atoms with Gasteiger partial charge in [0.2, 0.25) is 10.2 Å². The lowest BCUT2D eigenvalue weighted by Crippen LogP contribution is -2.36. The number of primary sulfonamides is 1. The number of hydrogen-bond acceptors (Lipinski definition) is 11. The maximum absolute atomic E-state index is 13.0. The average molecular weight is 608 g/mol. The molecule has 3 aromatic heterocycles. The smallest absolute Gasteiger partial charge is 0.265 e. The first-order valence-electron chi connectivity index (χ1n) is 12.5. The number of rotatable bonds is 14. The Morgan fingerprint density at radius 1 is 1.25 bits per heavy atom. The molecule has 0 aliphatic rings. The Labute approximate surface area is 241 Å². The van der Waals surface area contributed by atoms with Crippen LogP contribution < -0.4 is 15.2 Å². The summed E-state index contributed by atoms with van der Waals surface area (Å²) in [6, 6.07) is 8.53. The van der Waals surface area contributed by atoms with Gasteiger partial charge in [-0.3, -0.25) is 4.79 Å². The van der Waals surface area contributed by atoms with Crippen molar-refractivity contribution >= 4 is 49.2 Å². The average Bonchev–Trinajstić information content (AvgIpc) is 3.61. The second-order valence-electron chi connectivity index (χ2n) is 9.77. The molecule has 3 heterocycles. The number of ether oxygens (including phenoxy) is 1. The van der Waals surface area contributed by atoms with Crippen LogP contribution in [-0.4, -0.2) is 65.6 Å². The molecule has 4 aromatic rings. The highest BCUT2D eigenvalue weighted by Crippen LogP contribution is 2.28. The summed E-state index contributed by atoms with van der Waals surface area (Å²) >= 11 is 2.67. The Kier molecular flexibility index (Phi) is 9.84. The van der Waals surface area contributed by atoms with Gasteiger partial charge in [-0.25, -0.2) is 23.2 Å². The lowest BCUT2D eigenvalue weighted by atomic mass is 10.0. The fourth-order valence-electron chi connectivity index (χ4n) is 3.92. The SMILES string of the molecule is CC(C)[C@@H](C(=O)NCCSCc1ccc(CN(C)C)o1)n1cc(COc2ccc3nc(S(N)(=O)=O)sc3c2)nn1. The Morgan fingerprint density at radius 3 is 2.75 bits per heavy atom. The Morgan fingerprint density at radius 2 is 2.02 bits per heavy atom. The predicted molar refractivity (Wildman–Crippen MR) is 154 cm³/mol. The van der Waals surface area contributed by atoms with Gasteiger partial charge < -0.3 is 19.4 Å². The van der Waals surface area contributed by atoms with Crippen LogP contribution in [0.5, 0.6) is 5.75 Å². The fraction of sp³-hybridized carbons (Fsp3) is 0.440. The van der Waals surface area contributed by atoms with Crippen LogP contribution in [0.4, 0.5) is 0 Å². The summed E-state index contributed by atoms with van der Waals surface area (Å²) < 4.78 is 36.8. The zero-order chi connectivity index (χ0) is 28.9. The summed E-state index contributed by atoms with van der Waals surface area (Å²) in [6.45, 7) is 5.33. The van der Waals surface area contributed by atoms with Crippen LogP contribution >= 0.6 is 23.1 Å². The third kappa shape index (κ3) is 8.04. The fourth-order valence-corrected chi connectivity index (χ4v) is 6.35. The standard InChI is InChI=1S/C25H33N7O5S3/c1-16(2)23(24(33)27-9-10-38-15-20-6-5-19(37-20)13-31(3)4)32-12-17(29-30-32)14-36-18-7-8-21-22(11-18)39-25(28-21)40(26,34)35/h5-8,11-12,16,23H,9-10,13-15H2,1-4H3,(H,27,33)(H2,26,34,35)/t23-/m0/s1. The number of thioether (sulfide) groups is 1. The molecule has 216 valence electrons. The van der Waals surface area contributed by atoms with Gasteiger partial charge in [-0.1, -0.05) is 19.1 Å². The summed E-state index contributed by atoms with van der Waals surface area (Å²) in [5.74, 6) is 3.73. The molecule has 0 bridgehead atoms. The van der Waals surface area contributed by atoms with Crippen LogP contribution in [0.2, 0.25) is 0 Å². The second kappa shape index (κ2) is 13.1. The molecule has 1 atom stereocenters. The van der Waals surface area contributed by atoms with Gasteiger partial charge in [0.1, 0.15) is 35.6 Å². The van der Waals surface area contributed by atoms with Crippen molar-refractivity contribution in [3.05, 3.63) is 53.7 Å². The van der Waals surface area contributed by atoms with Crippen molar-refractivity contribution in [1.82, 2.24) is 30.2 Å². The number of hydrogen-bond donors (Lipinski definition) is 2. The first-order valence-corrected chi connectivity index (χ1v) is 16.1. The number of nitrogens with two attached hydrogens (primary N) is 1. The van der Waals surface area contributed by atoms with Crippen molar-refractivity contribution < 1.29 is 22.4 Å². The topological polar surface area (TPSA) is 158 Å². The van der Waals surface area contributed by atoms with Gasteiger partial charge in [-0.05, 0) is 50.3 Å². The number of benzene rings is 1. The zero-order valence-corrected chi connectivity index (χ0v) is 25.2. The molecule has 0 saturated carbocycles. The van der Waals surface area contributed by atoms with E-state index in [1.807, 2.05) is 40.1 Å². The maximum atomic E-state index is 13.0. The molecule has 0 spiro atoms. The minimum atomic E-state index is -3.87. The third-order valence-electron chi connectivity index (χ3n) is 5.69. The van der Waals surface area contributed by atoms with E-state index in [1.165, 1.54) is 0 Å². The number of carbonyl (C=O) groups is 1. The molecule has 0 aliphatic heterocycles. The van der Waals surface area contributed by atoms with Gasteiger partial charge in [0.05, 0.1) is 28.7 Å². The van der Waals surface area contributed by atoms with Crippen LogP contribution in [-0.2, 0) is 33.7 Å². The molecule has 40 heavy (non-hydrogen) atoms. The number of aromatic nitrogens is 4. The van der Waals surface area contributed by atoms with Crippen molar-refractivity contribution in [3.8, 4) is 5.75 Å². The van der Waals surface area contributed by atoms with Crippen molar-refractivity contribution in [2.24, 2.45) is 11.1 Å². The van der Waals surface area contributed by atoms with E-state index in [1.54, 1.807) is 40.8 Å². The third-order valence-corrected chi connectivity index (χ3v) is 9.01. The number of nitrogens with one attached hydrogen (secondary N) is 1. The molecule has 0 unspecified atom stereocenters. The Balaban J connectivity index is 1.27. The van der Waals surface area contributed by atoms with E-state index in [4.69, 9.17) is 14.3 Å². The lowest BCUT2D eigenvalue weighted by Gasteiger charge is -2.20. The molecule has 12 nitrogen and oxygen atoms in total. The molecule has 1 aromatic carbocycles. The van der Waals surface area contributed by atoms with Crippen molar-refractivity contribution in [3.63, 3.8) is 0 Å². The normalized spacial score (nSPS) is 12.9. The number of sulfonamides is 1. The molecule has 1 amide bonds. The molecular weight excluding hydrogens is 575 g/mol. The van der Waals surface area contributed by atoms with Crippen molar-refractivity contribution in [1.29, 1.82) is 0 Å². The molecule has 0 fully saturated rings. The van der Waals surface area contributed by atoms with E-state index in [0.29, 0.717) is 28.2 Å². The zero-order valence-electron chi connectivity index (χ0n) is 22.7. The highest BCUT2D eigenvalue weighted by atomic mass is 32.2. The molecule has 3 N–H and O–H groups in total. The second-order valence-corrected chi connectivity index (χ2v) is 13.6. The quantitative estimate of drug-likeness (QED) is 0.204. The number of furan rings is 1. The number of thiazole rings is 1. The van der Waals surface area contributed by atoms with Gasteiger partial charge in [0.15, 0.2) is 0 Å². The number of fused-ring (bicyclic) bond motifs is 1. The van der Waals surface area contributed by atoms with E-state index in [9.17, 15) is 13.2 Å². The minimum absolute atomic E-state index is 0.0110. The minimum Gasteiger partial charge on any atom is -0.487 e. The summed E-state index contributed by atoms with van der Waals surface area (Å²) in [5.41, 5.74) is 1.07. The van der Waals surface area contributed by atoms with E-state index in [2.05, 4.69) is 25.5 Å². The summed E-state index contributed by atoms with van der Waals surface area (Å²) in [4.78, 5) is 19.1. The molecule has 0 radical (unpaired) electrons. The lowest BCUT2D eigenvalue weighted by molar-refractivity contribution is -0.125. The monoisotopic (exact) mass is 607 g/mol. The van der Waals surface area contributed by atoms with Gasteiger partial charge in [0.25, 0.3) is 10.0 Å². The van der Waals surface area contributed by atoms with Gasteiger partial charge in [-0.2, -0.15) is 11.8 Å². The summed E-state index contributed by atoms with van der Waals surface area (Å²) in [7, 11) is 0.130. The van der Waals surface area contributed by atoms with E-state index in [0.717, 1.165) is 40.9 Å². The van der Waals surface area contributed by atoms with E-state index >= 15 is 0 Å². The predicted octanol–water partition coefficient (Wildman–Crippen LogP) is 3.02. The Bertz CT molecular complexity index is 1540. The van der Waals surface area contributed by atoms with Gasteiger partial charge in [-0.15, -0.1) is 16.4 Å². The van der Waals surface area contributed by atoms with E-state index < -0.39 is 16.1 Å². The maximum Gasteiger partial charge on any atom is 0.265 e. The first kappa shape index (κ1) is 30.0. The summed E-state index contributed by atoms with van der Waals surface area (Å²) in [5, 5.41) is 16.5. The van der Waals surface area contributed by atoms with Crippen molar-refractivity contribution in [2.75, 3.05) is 26.4 Å². The molecular formula is C25H33N7O5S3. The van der Waals surface area contributed by atoms with Gasteiger partial charge in [0, 0.05) is 12.3 Å². The highest BCUT2D eigenvalue weighted by Gasteiger charge is 2.25.